The molecule has 1 aliphatic rings. The van der Waals surface area contributed by atoms with Crippen LogP contribution in [-0.2, 0) is 25.6 Å². The summed E-state index contributed by atoms with van der Waals surface area (Å²) in [6.45, 7) is 3.10. The van der Waals surface area contributed by atoms with Gasteiger partial charge >= 0.3 is 12.0 Å². The first-order valence-electron chi connectivity index (χ1n) is 13.5. The van der Waals surface area contributed by atoms with Gasteiger partial charge in [0.1, 0.15) is 5.75 Å². The summed E-state index contributed by atoms with van der Waals surface area (Å²) in [5, 5.41) is 17.2. The molecule has 4 N–H and O–H groups in total. The van der Waals surface area contributed by atoms with Crippen molar-refractivity contribution in [3.8, 4) is 5.75 Å². The van der Waals surface area contributed by atoms with E-state index in [9.17, 15) is 24.0 Å². The number of carboxylic acids is 1. The molecule has 0 aliphatic carbocycles. The molecule has 0 unspecified atom stereocenters. The minimum atomic E-state index is -1.03. The molecule has 0 bridgehead atoms. The first kappa shape index (κ1) is 34.6. The number of methoxy groups -OCH3 is 1. The number of anilines is 2. The first-order chi connectivity index (χ1) is 19.7. The van der Waals surface area contributed by atoms with Crippen LogP contribution in [0.1, 0.15) is 36.8 Å². The van der Waals surface area contributed by atoms with E-state index in [1.165, 1.54) is 12.0 Å². The van der Waals surface area contributed by atoms with Gasteiger partial charge in [0.15, 0.2) is 0 Å². The summed E-state index contributed by atoms with van der Waals surface area (Å²) in [4.78, 5) is 63.8. The zero-order valence-electron chi connectivity index (χ0n) is 24.4. The second kappa shape index (κ2) is 17.4. The number of ether oxygens (including phenoxy) is 1. The second-order valence-corrected chi connectivity index (χ2v) is 9.74. The molecule has 3 rings (SSSR count). The number of carbonyl (C=O) groups is 5. The Morgan fingerprint density at radius 1 is 1.05 bits per heavy atom. The van der Waals surface area contributed by atoms with Gasteiger partial charge in [-0.2, -0.15) is 0 Å². The fourth-order valence-electron chi connectivity index (χ4n) is 4.46. The fraction of sp³-hybridized carbons (Fsp3) is 0.414. The van der Waals surface area contributed by atoms with E-state index in [0.29, 0.717) is 48.6 Å². The van der Waals surface area contributed by atoms with E-state index in [0.717, 1.165) is 12.0 Å². The molecule has 5 amide bonds. The molecular formula is C29H37N5NaO7. The number of carboxylic acid groups (broad SMARTS) is 1. The molecule has 1 saturated heterocycles. The van der Waals surface area contributed by atoms with Crippen LogP contribution in [0, 0.1) is 6.92 Å². The SMILES string of the molecule is COc1cc(CC(=O)NCC(=O)N(CCCN2CCCC2=O)CCC(=O)O)ccc1NC(=O)Nc1ccccc1C.[Na]. The number of urea groups is 1. The summed E-state index contributed by atoms with van der Waals surface area (Å²) >= 11 is 0. The number of amides is 5. The molecule has 1 radical (unpaired) electrons. The number of carbonyl (C=O) groups excluding carboxylic acids is 4. The van der Waals surface area contributed by atoms with Crippen molar-refractivity contribution < 1.29 is 33.8 Å². The van der Waals surface area contributed by atoms with Crippen LogP contribution >= 0.6 is 0 Å². The summed E-state index contributed by atoms with van der Waals surface area (Å²) in [6.07, 6.45) is 1.62. The molecule has 0 atom stereocenters. The minimum absolute atomic E-state index is 0. The van der Waals surface area contributed by atoms with Crippen molar-refractivity contribution in [3.63, 3.8) is 0 Å². The summed E-state index contributed by atoms with van der Waals surface area (Å²) in [6, 6.07) is 11.9. The summed E-state index contributed by atoms with van der Waals surface area (Å²) in [5.41, 5.74) is 2.62. The zero-order chi connectivity index (χ0) is 29.8. The Balaban J connectivity index is 0.00000616. The van der Waals surface area contributed by atoms with Gasteiger partial charge in [0.25, 0.3) is 0 Å². The van der Waals surface area contributed by atoms with Crippen LogP contribution in [0.3, 0.4) is 0 Å². The number of nitrogens with one attached hydrogen (secondary N) is 3. The number of benzene rings is 2. The van der Waals surface area contributed by atoms with E-state index in [-0.39, 0.29) is 67.9 Å². The standard InChI is InChI=1S/C29H37N5O7.Na/c1-20-7-3-4-8-22(20)31-29(40)32-23-11-10-21(17-24(23)41-2)18-25(35)30-19-27(37)34(16-12-28(38)39)15-6-14-33-13-5-9-26(33)36;/h3-4,7-8,10-11,17H,5-6,9,12-16,18-19H2,1-2H3,(H,30,35)(H,38,39)(H2,31,32,40);. The average molecular weight is 591 g/mol. The average Bonchev–Trinajstić information content (AvgIpc) is 3.35. The molecule has 2 aromatic rings. The van der Waals surface area contributed by atoms with Crippen LogP contribution in [0.5, 0.6) is 5.75 Å². The number of hydrogen-bond donors (Lipinski definition) is 4. The molecule has 0 spiro atoms. The van der Waals surface area contributed by atoms with E-state index < -0.39 is 23.8 Å². The Labute approximate surface area is 267 Å². The first-order valence-corrected chi connectivity index (χ1v) is 13.5. The van der Waals surface area contributed by atoms with Crippen LogP contribution in [-0.4, -0.2) is 114 Å². The molecule has 0 aromatic heterocycles. The van der Waals surface area contributed by atoms with E-state index in [1.54, 1.807) is 29.2 Å². The van der Waals surface area contributed by atoms with Crippen molar-refractivity contribution in [1.29, 1.82) is 0 Å². The molecule has 42 heavy (non-hydrogen) atoms. The third kappa shape index (κ3) is 11.0. The molecule has 1 heterocycles. The molecule has 1 aliphatic heterocycles. The zero-order valence-corrected chi connectivity index (χ0v) is 26.4. The molecular weight excluding hydrogens is 553 g/mol. The third-order valence-corrected chi connectivity index (χ3v) is 6.68. The third-order valence-electron chi connectivity index (χ3n) is 6.68. The maximum atomic E-state index is 12.8. The van der Waals surface area contributed by atoms with Crippen LogP contribution in [0.25, 0.3) is 0 Å². The number of hydrogen-bond acceptors (Lipinski definition) is 6. The van der Waals surface area contributed by atoms with Gasteiger partial charge in [0.2, 0.25) is 17.7 Å². The number of para-hydroxylation sites is 1. The van der Waals surface area contributed by atoms with E-state index in [4.69, 9.17) is 9.84 Å². The molecule has 12 nitrogen and oxygen atoms in total. The van der Waals surface area contributed by atoms with Gasteiger partial charge in [-0.1, -0.05) is 24.3 Å². The topological polar surface area (TPSA) is 157 Å². The largest absolute Gasteiger partial charge is 0.495 e. The quantitative estimate of drug-likeness (QED) is 0.246. The summed E-state index contributed by atoms with van der Waals surface area (Å²) in [7, 11) is 1.45. The van der Waals surface area contributed by atoms with Crippen molar-refractivity contribution in [2.75, 3.05) is 50.5 Å². The Kier molecular flexibility index (Phi) is 14.3. The Hall–Kier alpha value is -3.61. The van der Waals surface area contributed by atoms with Gasteiger partial charge in [-0.3, -0.25) is 19.2 Å². The van der Waals surface area contributed by atoms with Gasteiger partial charge < -0.3 is 35.6 Å². The van der Waals surface area contributed by atoms with Crippen LogP contribution < -0.4 is 20.7 Å². The maximum absolute atomic E-state index is 12.8. The smallest absolute Gasteiger partial charge is 0.323 e. The van der Waals surface area contributed by atoms with Crippen LogP contribution in [0.2, 0.25) is 0 Å². The van der Waals surface area contributed by atoms with E-state index in [2.05, 4.69) is 16.0 Å². The van der Waals surface area contributed by atoms with Gasteiger partial charge in [-0.15, -0.1) is 0 Å². The van der Waals surface area contributed by atoms with Crippen molar-refractivity contribution in [2.45, 2.75) is 39.0 Å². The van der Waals surface area contributed by atoms with Crippen molar-refractivity contribution in [2.24, 2.45) is 0 Å². The maximum Gasteiger partial charge on any atom is 0.323 e. The van der Waals surface area contributed by atoms with Crippen molar-refractivity contribution in [3.05, 3.63) is 53.6 Å². The van der Waals surface area contributed by atoms with Gasteiger partial charge in [-0.05, 0) is 49.1 Å². The van der Waals surface area contributed by atoms with Gasteiger partial charge in [0.05, 0.1) is 32.2 Å². The Bertz CT molecular complexity index is 1270. The summed E-state index contributed by atoms with van der Waals surface area (Å²) < 4.78 is 5.39. The second-order valence-electron chi connectivity index (χ2n) is 9.74. The van der Waals surface area contributed by atoms with Crippen molar-refractivity contribution >= 4 is 70.7 Å². The molecule has 221 valence electrons. The van der Waals surface area contributed by atoms with E-state index >= 15 is 0 Å². The fourth-order valence-corrected chi connectivity index (χ4v) is 4.46. The van der Waals surface area contributed by atoms with E-state index in [1.807, 2.05) is 25.1 Å². The number of rotatable bonds is 14. The molecule has 2 aromatic carbocycles. The monoisotopic (exact) mass is 590 g/mol. The molecule has 0 saturated carbocycles. The number of aryl methyl sites for hydroxylation is 1. The Morgan fingerprint density at radius 3 is 2.45 bits per heavy atom. The molecule has 1 fully saturated rings. The predicted molar refractivity (Wildman–Crippen MR) is 159 cm³/mol. The van der Waals surface area contributed by atoms with Gasteiger partial charge in [-0.25, -0.2) is 4.79 Å². The predicted octanol–water partition coefficient (Wildman–Crippen LogP) is 2.24. The number of aliphatic carboxylic acids is 1. The van der Waals surface area contributed by atoms with Gasteiger partial charge in [0, 0.05) is 67.8 Å². The van der Waals surface area contributed by atoms with Crippen LogP contribution in [0.4, 0.5) is 16.2 Å². The van der Waals surface area contributed by atoms with Crippen LogP contribution in [0.15, 0.2) is 42.5 Å². The number of likely N-dealkylation sites (tertiary alicyclic amines) is 1. The number of nitrogens with zero attached hydrogens (tertiary/aromatic N) is 2. The minimum Gasteiger partial charge on any atom is -0.495 e. The Morgan fingerprint density at radius 2 is 1.79 bits per heavy atom. The molecule has 13 heteroatoms. The van der Waals surface area contributed by atoms with Crippen molar-refractivity contribution in [1.82, 2.24) is 15.1 Å². The summed E-state index contributed by atoms with van der Waals surface area (Å²) in [5.74, 6) is -1.38. The normalized spacial score (nSPS) is 12.2.